The summed E-state index contributed by atoms with van der Waals surface area (Å²) in [4.78, 5) is 12.0. The van der Waals surface area contributed by atoms with Gasteiger partial charge in [0.25, 0.3) is 5.91 Å². The summed E-state index contributed by atoms with van der Waals surface area (Å²) in [5, 5.41) is 5.22. The van der Waals surface area contributed by atoms with Gasteiger partial charge in [-0.25, -0.2) is 0 Å². The Bertz CT molecular complexity index is 672. The molecule has 0 heterocycles. The number of ether oxygens (including phenoxy) is 1. The van der Waals surface area contributed by atoms with E-state index in [-0.39, 0.29) is 12.5 Å². The normalized spacial score (nSPS) is 12.1. The molecule has 0 bridgehead atoms. The van der Waals surface area contributed by atoms with E-state index in [4.69, 9.17) is 4.74 Å². The van der Waals surface area contributed by atoms with E-state index in [1.54, 1.807) is 0 Å². The van der Waals surface area contributed by atoms with Gasteiger partial charge in [-0.05, 0) is 45.1 Å². The molecule has 1 amide bonds. The Hall–Kier alpha value is -1.55. The maximum absolute atomic E-state index is 12.0. The van der Waals surface area contributed by atoms with Crippen LogP contribution in [0.25, 0.3) is 10.8 Å². The van der Waals surface area contributed by atoms with Gasteiger partial charge in [0.1, 0.15) is 5.75 Å². The second-order valence-electron chi connectivity index (χ2n) is 6.11. The van der Waals surface area contributed by atoms with Gasteiger partial charge in [-0.2, -0.15) is 0 Å². The van der Waals surface area contributed by atoms with Gasteiger partial charge in [-0.1, -0.05) is 63.4 Å². The van der Waals surface area contributed by atoms with Gasteiger partial charge in [0, 0.05) is 6.54 Å². The summed E-state index contributed by atoms with van der Waals surface area (Å²) in [5.41, 5.74) is 0. The molecular formula is C20H26BrNO2. The molecule has 3 nitrogen and oxygen atoms in total. The molecule has 1 atom stereocenters. The zero-order valence-corrected chi connectivity index (χ0v) is 16.1. The smallest absolute Gasteiger partial charge is 0.257 e. The zero-order valence-electron chi connectivity index (χ0n) is 14.5. The number of amides is 1. The van der Waals surface area contributed by atoms with Crippen LogP contribution in [0.15, 0.2) is 40.9 Å². The molecule has 2 aromatic rings. The number of hydrogen-bond donors (Lipinski definition) is 1. The first-order valence-corrected chi connectivity index (χ1v) is 9.51. The number of carbonyl (C=O) groups is 1. The molecule has 0 spiro atoms. The SMILES string of the molecule is CCCC[C@H](CC)CNC(=O)COc1ccc2ccccc2c1Br. The Labute approximate surface area is 152 Å². The van der Waals surface area contributed by atoms with E-state index in [1.807, 2.05) is 30.3 Å². The highest BCUT2D eigenvalue weighted by Gasteiger charge is 2.11. The Morgan fingerprint density at radius 3 is 2.75 bits per heavy atom. The lowest BCUT2D eigenvalue weighted by Crippen LogP contribution is -2.33. The number of halogens is 1. The number of nitrogens with one attached hydrogen (secondary N) is 1. The van der Waals surface area contributed by atoms with Crippen molar-refractivity contribution in [3.05, 3.63) is 40.9 Å². The monoisotopic (exact) mass is 391 g/mol. The molecule has 2 rings (SSSR count). The van der Waals surface area contributed by atoms with Crippen LogP contribution in [0.5, 0.6) is 5.75 Å². The molecule has 0 fully saturated rings. The maximum Gasteiger partial charge on any atom is 0.257 e. The van der Waals surface area contributed by atoms with Gasteiger partial charge in [0.2, 0.25) is 0 Å². The number of benzene rings is 2. The Kier molecular flexibility index (Phi) is 7.57. The minimum absolute atomic E-state index is 0.0428. The van der Waals surface area contributed by atoms with Crippen molar-refractivity contribution in [2.45, 2.75) is 39.5 Å². The lowest BCUT2D eigenvalue weighted by molar-refractivity contribution is -0.123. The molecule has 0 aliphatic heterocycles. The van der Waals surface area contributed by atoms with Crippen molar-refractivity contribution in [3.63, 3.8) is 0 Å². The molecule has 0 saturated carbocycles. The highest BCUT2D eigenvalue weighted by atomic mass is 79.9. The molecule has 2 aromatic carbocycles. The number of fused-ring (bicyclic) bond motifs is 1. The van der Waals surface area contributed by atoms with Crippen LogP contribution in [-0.2, 0) is 4.79 Å². The van der Waals surface area contributed by atoms with Crippen LogP contribution in [0.4, 0.5) is 0 Å². The van der Waals surface area contributed by atoms with Gasteiger partial charge in [0.15, 0.2) is 6.61 Å². The van der Waals surface area contributed by atoms with E-state index in [9.17, 15) is 4.79 Å². The van der Waals surface area contributed by atoms with Crippen molar-refractivity contribution in [1.82, 2.24) is 5.32 Å². The lowest BCUT2D eigenvalue weighted by atomic mass is 9.99. The summed E-state index contributed by atoms with van der Waals surface area (Å²) in [6, 6.07) is 12.0. The summed E-state index contributed by atoms with van der Waals surface area (Å²) in [7, 11) is 0. The Morgan fingerprint density at radius 1 is 1.21 bits per heavy atom. The molecule has 0 aliphatic carbocycles. The molecule has 0 radical (unpaired) electrons. The van der Waals surface area contributed by atoms with E-state index in [1.165, 1.54) is 19.3 Å². The minimum Gasteiger partial charge on any atom is -0.483 e. The van der Waals surface area contributed by atoms with Crippen LogP contribution in [0.3, 0.4) is 0 Å². The van der Waals surface area contributed by atoms with Crippen LogP contribution in [0.1, 0.15) is 39.5 Å². The lowest BCUT2D eigenvalue weighted by Gasteiger charge is -2.16. The quantitative estimate of drug-likeness (QED) is 0.628. The van der Waals surface area contributed by atoms with Gasteiger partial charge in [-0.15, -0.1) is 0 Å². The van der Waals surface area contributed by atoms with Crippen molar-refractivity contribution in [1.29, 1.82) is 0 Å². The van der Waals surface area contributed by atoms with E-state index in [2.05, 4.69) is 41.2 Å². The van der Waals surface area contributed by atoms with Crippen LogP contribution in [0.2, 0.25) is 0 Å². The average molecular weight is 392 g/mol. The van der Waals surface area contributed by atoms with Crippen LogP contribution >= 0.6 is 15.9 Å². The standard InChI is InChI=1S/C20H26BrNO2/c1-3-5-8-15(4-2)13-22-19(23)14-24-18-12-11-16-9-6-7-10-17(16)20(18)21/h6-7,9-12,15H,3-5,8,13-14H2,1-2H3,(H,22,23)/t15-/m0/s1. The van der Waals surface area contributed by atoms with E-state index >= 15 is 0 Å². The first-order valence-electron chi connectivity index (χ1n) is 8.72. The minimum atomic E-state index is -0.0648. The zero-order chi connectivity index (χ0) is 17.4. The summed E-state index contributed by atoms with van der Waals surface area (Å²) < 4.78 is 6.59. The average Bonchev–Trinajstić information content (AvgIpc) is 2.61. The second-order valence-corrected chi connectivity index (χ2v) is 6.90. The van der Waals surface area contributed by atoms with Crippen molar-refractivity contribution < 1.29 is 9.53 Å². The third-order valence-electron chi connectivity index (χ3n) is 4.32. The van der Waals surface area contributed by atoms with Crippen LogP contribution in [-0.4, -0.2) is 19.1 Å². The second kappa shape index (κ2) is 9.67. The Balaban J connectivity index is 1.86. The largest absolute Gasteiger partial charge is 0.483 e. The molecule has 0 aromatic heterocycles. The molecule has 0 saturated heterocycles. The predicted octanol–water partition coefficient (Wildman–Crippen LogP) is 5.31. The van der Waals surface area contributed by atoms with Crippen molar-refractivity contribution in [2.75, 3.05) is 13.2 Å². The van der Waals surface area contributed by atoms with Gasteiger partial charge < -0.3 is 10.1 Å². The molecule has 4 heteroatoms. The van der Waals surface area contributed by atoms with Crippen molar-refractivity contribution >= 4 is 32.6 Å². The Morgan fingerprint density at radius 2 is 2.00 bits per heavy atom. The molecule has 0 aliphatic rings. The third kappa shape index (κ3) is 5.23. The third-order valence-corrected chi connectivity index (χ3v) is 5.14. The molecule has 1 N–H and O–H groups in total. The molecule has 130 valence electrons. The highest BCUT2D eigenvalue weighted by molar-refractivity contribution is 9.10. The number of unbranched alkanes of at least 4 members (excludes halogenated alkanes) is 1. The van der Waals surface area contributed by atoms with Crippen LogP contribution < -0.4 is 10.1 Å². The molecule has 24 heavy (non-hydrogen) atoms. The molecule has 0 unspecified atom stereocenters. The summed E-state index contributed by atoms with van der Waals surface area (Å²) in [5.74, 6) is 1.19. The number of rotatable bonds is 9. The van der Waals surface area contributed by atoms with Gasteiger partial charge >= 0.3 is 0 Å². The highest BCUT2D eigenvalue weighted by Crippen LogP contribution is 2.32. The van der Waals surface area contributed by atoms with E-state index in [0.29, 0.717) is 11.7 Å². The maximum atomic E-state index is 12.0. The van der Waals surface area contributed by atoms with Gasteiger partial charge in [-0.3, -0.25) is 4.79 Å². The first-order chi connectivity index (χ1) is 11.7. The number of carbonyl (C=O) groups excluding carboxylic acids is 1. The van der Waals surface area contributed by atoms with Crippen molar-refractivity contribution in [2.24, 2.45) is 5.92 Å². The molecular weight excluding hydrogens is 366 g/mol. The van der Waals surface area contributed by atoms with Crippen LogP contribution in [0, 0.1) is 5.92 Å². The van der Waals surface area contributed by atoms with E-state index in [0.717, 1.165) is 28.2 Å². The fraction of sp³-hybridized carbons (Fsp3) is 0.450. The fourth-order valence-corrected chi connectivity index (χ4v) is 3.33. The van der Waals surface area contributed by atoms with Gasteiger partial charge in [0.05, 0.1) is 4.47 Å². The predicted molar refractivity (Wildman–Crippen MR) is 103 cm³/mol. The first kappa shape index (κ1) is 18.8. The number of hydrogen-bond acceptors (Lipinski definition) is 2. The van der Waals surface area contributed by atoms with Crippen molar-refractivity contribution in [3.8, 4) is 5.75 Å². The topological polar surface area (TPSA) is 38.3 Å². The fourth-order valence-electron chi connectivity index (χ4n) is 2.72. The summed E-state index contributed by atoms with van der Waals surface area (Å²) >= 11 is 3.58. The van der Waals surface area contributed by atoms with E-state index < -0.39 is 0 Å². The summed E-state index contributed by atoms with van der Waals surface area (Å²) in [6.07, 6.45) is 4.68. The summed E-state index contributed by atoms with van der Waals surface area (Å²) in [6.45, 7) is 5.15.